The molecular formula is C18H30O. The Kier molecular flexibility index (Phi) is 3.17. The molecule has 0 aromatic heterocycles. The summed E-state index contributed by atoms with van der Waals surface area (Å²) in [5.74, 6) is 6.89. The molecule has 1 nitrogen and oxygen atoms in total. The molecule has 8 unspecified atom stereocenters. The van der Waals surface area contributed by atoms with Crippen LogP contribution in [0, 0.1) is 41.4 Å². The van der Waals surface area contributed by atoms with E-state index in [1.807, 2.05) is 0 Å². The molecule has 19 heavy (non-hydrogen) atoms. The molecule has 4 saturated carbocycles. The summed E-state index contributed by atoms with van der Waals surface area (Å²) in [6.07, 6.45) is 12.8. The van der Waals surface area contributed by atoms with E-state index in [0.717, 1.165) is 54.3 Å². The van der Waals surface area contributed by atoms with Crippen molar-refractivity contribution in [3.8, 4) is 0 Å². The van der Waals surface area contributed by atoms with E-state index in [0.29, 0.717) is 0 Å². The van der Waals surface area contributed by atoms with Crippen LogP contribution in [0.1, 0.15) is 64.7 Å². The van der Waals surface area contributed by atoms with Crippen molar-refractivity contribution < 1.29 is 5.11 Å². The van der Waals surface area contributed by atoms with Crippen molar-refractivity contribution in [3.63, 3.8) is 0 Å². The van der Waals surface area contributed by atoms with E-state index in [9.17, 15) is 5.11 Å². The second-order valence-electron chi connectivity index (χ2n) is 8.28. The summed E-state index contributed by atoms with van der Waals surface area (Å²) >= 11 is 0. The molecule has 4 aliphatic rings. The second kappa shape index (κ2) is 4.76. The summed E-state index contributed by atoms with van der Waals surface area (Å²) in [4.78, 5) is 0. The summed E-state index contributed by atoms with van der Waals surface area (Å²) < 4.78 is 0. The van der Waals surface area contributed by atoms with Gasteiger partial charge < -0.3 is 5.11 Å². The maximum Gasteiger partial charge on any atom is 0.0545 e. The van der Waals surface area contributed by atoms with Crippen LogP contribution in [0.25, 0.3) is 0 Å². The van der Waals surface area contributed by atoms with Gasteiger partial charge in [0.15, 0.2) is 0 Å². The molecule has 1 N–H and O–H groups in total. The average molecular weight is 262 g/mol. The lowest BCUT2D eigenvalue weighted by atomic mass is 9.51. The normalized spacial score (nSPS) is 57.2. The van der Waals surface area contributed by atoms with E-state index in [1.165, 1.54) is 38.5 Å². The zero-order chi connectivity index (χ0) is 13.0. The van der Waals surface area contributed by atoms with Crippen LogP contribution >= 0.6 is 0 Å². The summed E-state index contributed by atoms with van der Waals surface area (Å²) in [5, 5.41) is 10.1. The molecule has 1 heteroatoms. The van der Waals surface area contributed by atoms with Crippen LogP contribution < -0.4 is 0 Å². The zero-order valence-electron chi connectivity index (χ0n) is 12.4. The Morgan fingerprint density at radius 2 is 1.53 bits per heavy atom. The second-order valence-corrected chi connectivity index (χ2v) is 8.28. The van der Waals surface area contributed by atoms with E-state index >= 15 is 0 Å². The van der Waals surface area contributed by atoms with Gasteiger partial charge in [0.25, 0.3) is 0 Å². The van der Waals surface area contributed by atoms with Crippen LogP contribution in [0.3, 0.4) is 0 Å². The van der Waals surface area contributed by atoms with Crippen LogP contribution in [0.5, 0.6) is 0 Å². The SMILES string of the molecule is CC1CC(O)CC2CCC3C4CCCC4CCC3C12. The molecule has 4 fully saturated rings. The molecule has 8 atom stereocenters. The first-order valence-electron chi connectivity index (χ1n) is 8.92. The van der Waals surface area contributed by atoms with Gasteiger partial charge in [0.2, 0.25) is 0 Å². The predicted molar refractivity (Wildman–Crippen MR) is 77.7 cm³/mol. The first-order chi connectivity index (χ1) is 9.24. The fourth-order valence-electron chi connectivity index (χ4n) is 6.97. The third kappa shape index (κ3) is 1.99. The minimum absolute atomic E-state index is 0.00983. The predicted octanol–water partition coefficient (Wildman–Crippen LogP) is 4.25. The van der Waals surface area contributed by atoms with E-state index in [-0.39, 0.29) is 6.10 Å². The van der Waals surface area contributed by atoms with Gasteiger partial charge in [-0.15, -0.1) is 0 Å². The van der Waals surface area contributed by atoms with Gasteiger partial charge in [-0.25, -0.2) is 0 Å². The molecule has 0 aliphatic heterocycles. The van der Waals surface area contributed by atoms with Gasteiger partial charge >= 0.3 is 0 Å². The fraction of sp³-hybridized carbons (Fsp3) is 1.00. The Labute approximate surface area is 118 Å². The third-order valence-corrected chi connectivity index (χ3v) is 7.47. The lowest BCUT2D eigenvalue weighted by Crippen LogP contribution is -2.48. The molecule has 4 aliphatic carbocycles. The van der Waals surface area contributed by atoms with Crippen molar-refractivity contribution in [1.29, 1.82) is 0 Å². The van der Waals surface area contributed by atoms with E-state index in [1.54, 1.807) is 6.42 Å². The summed E-state index contributed by atoms with van der Waals surface area (Å²) in [5.41, 5.74) is 0. The highest BCUT2D eigenvalue weighted by molar-refractivity contribution is 5.00. The van der Waals surface area contributed by atoms with E-state index in [4.69, 9.17) is 0 Å². The smallest absolute Gasteiger partial charge is 0.0545 e. The number of aliphatic hydroxyl groups is 1. The lowest BCUT2D eigenvalue weighted by molar-refractivity contribution is -0.0720. The van der Waals surface area contributed by atoms with Gasteiger partial charge in [-0.1, -0.05) is 19.8 Å². The van der Waals surface area contributed by atoms with Crippen molar-refractivity contribution in [2.24, 2.45) is 41.4 Å². The number of rotatable bonds is 0. The average Bonchev–Trinajstić information content (AvgIpc) is 2.85. The monoisotopic (exact) mass is 262 g/mol. The van der Waals surface area contributed by atoms with Crippen LogP contribution in [0.2, 0.25) is 0 Å². The quantitative estimate of drug-likeness (QED) is 0.692. The maximum atomic E-state index is 10.1. The van der Waals surface area contributed by atoms with Gasteiger partial charge in [-0.05, 0) is 86.4 Å². The van der Waals surface area contributed by atoms with Crippen LogP contribution in [0.15, 0.2) is 0 Å². The first kappa shape index (κ1) is 12.7. The van der Waals surface area contributed by atoms with E-state index < -0.39 is 0 Å². The molecule has 108 valence electrons. The molecule has 0 bridgehead atoms. The molecule has 0 amide bonds. The summed E-state index contributed by atoms with van der Waals surface area (Å²) in [7, 11) is 0. The number of aliphatic hydroxyl groups excluding tert-OH is 1. The minimum Gasteiger partial charge on any atom is -0.393 e. The van der Waals surface area contributed by atoms with Gasteiger partial charge in [0.05, 0.1) is 6.10 Å². The number of fused-ring (bicyclic) bond motifs is 5. The zero-order valence-corrected chi connectivity index (χ0v) is 12.4. The number of hydrogen-bond acceptors (Lipinski definition) is 1. The molecule has 0 radical (unpaired) electrons. The van der Waals surface area contributed by atoms with Crippen LogP contribution in [0.4, 0.5) is 0 Å². The summed E-state index contributed by atoms with van der Waals surface area (Å²) in [6.45, 7) is 2.43. The molecule has 0 aromatic carbocycles. The Hall–Kier alpha value is -0.0400. The minimum atomic E-state index is 0.00983. The Morgan fingerprint density at radius 1 is 0.737 bits per heavy atom. The molecular weight excluding hydrogens is 232 g/mol. The largest absolute Gasteiger partial charge is 0.393 e. The molecule has 0 saturated heterocycles. The molecule has 4 rings (SSSR count). The van der Waals surface area contributed by atoms with Crippen LogP contribution in [-0.4, -0.2) is 11.2 Å². The maximum absolute atomic E-state index is 10.1. The Morgan fingerprint density at radius 3 is 2.42 bits per heavy atom. The van der Waals surface area contributed by atoms with Gasteiger partial charge in [0.1, 0.15) is 0 Å². The van der Waals surface area contributed by atoms with Crippen molar-refractivity contribution in [2.45, 2.75) is 70.8 Å². The summed E-state index contributed by atoms with van der Waals surface area (Å²) in [6, 6.07) is 0. The molecule has 0 spiro atoms. The van der Waals surface area contributed by atoms with Gasteiger partial charge in [0, 0.05) is 0 Å². The topological polar surface area (TPSA) is 20.2 Å². The highest BCUT2D eigenvalue weighted by Gasteiger charge is 2.51. The van der Waals surface area contributed by atoms with Gasteiger partial charge in [-0.3, -0.25) is 0 Å². The number of hydrogen-bond donors (Lipinski definition) is 1. The van der Waals surface area contributed by atoms with E-state index in [2.05, 4.69) is 6.92 Å². The third-order valence-electron chi connectivity index (χ3n) is 7.47. The van der Waals surface area contributed by atoms with Crippen molar-refractivity contribution in [3.05, 3.63) is 0 Å². The Balaban J connectivity index is 1.57. The molecule has 0 aromatic rings. The van der Waals surface area contributed by atoms with Gasteiger partial charge in [-0.2, -0.15) is 0 Å². The highest BCUT2D eigenvalue weighted by Crippen LogP contribution is 2.58. The first-order valence-corrected chi connectivity index (χ1v) is 8.92. The van der Waals surface area contributed by atoms with Crippen molar-refractivity contribution in [2.75, 3.05) is 0 Å². The van der Waals surface area contributed by atoms with Crippen molar-refractivity contribution >= 4 is 0 Å². The Bertz CT molecular complexity index is 339. The molecule has 0 heterocycles. The standard InChI is InChI=1S/C18H30O/c1-11-9-14(19)10-13-6-7-16-15-4-2-3-12(15)5-8-17(16)18(11)13/h11-19H,2-10H2,1H3. The van der Waals surface area contributed by atoms with Crippen LogP contribution in [-0.2, 0) is 0 Å². The van der Waals surface area contributed by atoms with Crippen molar-refractivity contribution in [1.82, 2.24) is 0 Å². The lowest BCUT2D eigenvalue weighted by Gasteiger charge is -2.54. The fourth-order valence-corrected chi connectivity index (χ4v) is 6.97. The highest BCUT2D eigenvalue weighted by atomic mass is 16.3.